The Morgan fingerprint density at radius 2 is 1.78 bits per heavy atom. The molecule has 2 rings (SSSR count). The number of aromatic nitrogens is 1. The summed E-state index contributed by atoms with van der Waals surface area (Å²) in [6, 6.07) is 10.8. The van der Waals surface area contributed by atoms with Crippen molar-refractivity contribution in [3.63, 3.8) is 0 Å². The molecule has 4 nitrogen and oxygen atoms in total. The monoisotopic (exact) mass is 263 g/mol. The first-order valence-electron chi connectivity index (χ1n) is 5.72. The molecule has 0 unspecified atom stereocenters. The third-order valence-electron chi connectivity index (χ3n) is 3.02. The Kier molecular flexibility index (Phi) is 4.08. The molecule has 5 heteroatoms. The van der Waals surface area contributed by atoms with Gasteiger partial charge in [0.25, 0.3) is 0 Å². The van der Waals surface area contributed by atoms with Gasteiger partial charge in [0, 0.05) is 39.0 Å². The Balaban J connectivity index is 2.31. The first-order valence-corrected chi connectivity index (χ1v) is 7.65. The molecule has 0 N–H and O–H groups in total. The first kappa shape index (κ1) is 13.2. The van der Waals surface area contributed by atoms with Gasteiger partial charge < -0.3 is 13.3 Å². The minimum Gasteiger partial charge on any atom is -0.377 e. The van der Waals surface area contributed by atoms with Gasteiger partial charge in [-0.25, -0.2) is 0 Å². The zero-order valence-corrected chi connectivity index (χ0v) is 11.8. The van der Waals surface area contributed by atoms with E-state index in [1.54, 1.807) is 27.5 Å². The Morgan fingerprint density at radius 3 is 2.44 bits per heavy atom. The van der Waals surface area contributed by atoms with Gasteiger partial charge in [0.05, 0.1) is 5.52 Å². The van der Waals surface area contributed by atoms with Gasteiger partial charge in [0.1, 0.15) is 0 Å². The lowest BCUT2D eigenvalue weighted by Crippen LogP contribution is -2.45. The van der Waals surface area contributed by atoms with Crippen molar-refractivity contribution in [1.29, 1.82) is 0 Å². The van der Waals surface area contributed by atoms with E-state index in [0.29, 0.717) is 6.04 Å². The Morgan fingerprint density at radius 1 is 1.06 bits per heavy atom. The molecular formula is C13H17NO3Si. The maximum absolute atomic E-state index is 5.43. The maximum atomic E-state index is 5.43. The van der Waals surface area contributed by atoms with Gasteiger partial charge in [0.15, 0.2) is 0 Å². The number of rotatable bonds is 5. The molecule has 18 heavy (non-hydrogen) atoms. The van der Waals surface area contributed by atoms with Gasteiger partial charge in [-0.05, 0) is 23.8 Å². The predicted octanol–water partition coefficient (Wildman–Crippen LogP) is 2.19. The molecule has 96 valence electrons. The van der Waals surface area contributed by atoms with Crippen molar-refractivity contribution in [2.75, 3.05) is 21.3 Å². The van der Waals surface area contributed by atoms with Crippen LogP contribution in [0.2, 0.25) is 0 Å². The second-order valence-electron chi connectivity index (χ2n) is 4.00. The van der Waals surface area contributed by atoms with Crippen molar-refractivity contribution < 1.29 is 13.3 Å². The number of pyridine rings is 1. The van der Waals surface area contributed by atoms with Crippen LogP contribution in [0.4, 0.5) is 0 Å². The SMILES string of the molecule is CO[Si](Cc1ccc2ncccc2c1)(OC)OC. The predicted molar refractivity (Wildman–Crippen MR) is 72.2 cm³/mol. The molecule has 0 atom stereocenters. The molecule has 1 aromatic carbocycles. The van der Waals surface area contributed by atoms with Crippen LogP contribution < -0.4 is 0 Å². The maximum Gasteiger partial charge on any atom is 0.504 e. The highest BCUT2D eigenvalue weighted by Gasteiger charge is 2.37. The Labute approximate surface area is 108 Å². The number of hydrogen-bond donors (Lipinski definition) is 0. The summed E-state index contributed by atoms with van der Waals surface area (Å²) in [7, 11) is 2.31. The molecule has 0 radical (unpaired) electrons. The highest BCUT2D eigenvalue weighted by molar-refractivity contribution is 6.60. The zero-order valence-electron chi connectivity index (χ0n) is 10.8. The van der Waals surface area contributed by atoms with E-state index in [4.69, 9.17) is 13.3 Å². The summed E-state index contributed by atoms with van der Waals surface area (Å²) in [5.74, 6) is 0. The molecule has 0 amide bonds. The van der Waals surface area contributed by atoms with Crippen LogP contribution in [-0.4, -0.2) is 35.1 Å². The third kappa shape index (κ3) is 2.59. The Hall–Kier alpha value is -1.27. The molecule has 0 fully saturated rings. The van der Waals surface area contributed by atoms with Crippen LogP contribution in [0.1, 0.15) is 5.56 Å². The molecular weight excluding hydrogens is 246 g/mol. The van der Waals surface area contributed by atoms with Crippen molar-refractivity contribution in [1.82, 2.24) is 4.98 Å². The summed E-state index contributed by atoms with van der Waals surface area (Å²) in [5.41, 5.74) is 2.12. The minimum atomic E-state index is -2.57. The second kappa shape index (κ2) is 5.58. The summed E-state index contributed by atoms with van der Waals surface area (Å²) in [6.45, 7) is 0. The van der Waals surface area contributed by atoms with Gasteiger partial charge >= 0.3 is 8.80 Å². The van der Waals surface area contributed by atoms with Crippen LogP contribution in [0.25, 0.3) is 10.9 Å². The van der Waals surface area contributed by atoms with E-state index in [1.807, 2.05) is 24.3 Å². The first-order chi connectivity index (χ1) is 8.73. The number of hydrogen-bond acceptors (Lipinski definition) is 4. The van der Waals surface area contributed by atoms with Gasteiger partial charge in [-0.15, -0.1) is 0 Å². The molecule has 0 saturated carbocycles. The highest BCUT2D eigenvalue weighted by atomic mass is 28.4. The van der Waals surface area contributed by atoms with Crippen LogP contribution in [0.5, 0.6) is 0 Å². The van der Waals surface area contributed by atoms with Crippen molar-refractivity contribution in [2.45, 2.75) is 6.04 Å². The summed E-state index contributed by atoms with van der Waals surface area (Å²) >= 11 is 0. The summed E-state index contributed by atoms with van der Waals surface area (Å²) < 4.78 is 16.3. The smallest absolute Gasteiger partial charge is 0.377 e. The molecule has 0 spiro atoms. The van der Waals surface area contributed by atoms with Crippen LogP contribution in [0, 0.1) is 0 Å². The molecule has 1 heterocycles. The quantitative estimate of drug-likeness (QED) is 0.775. The van der Waals surface area contributed by atoms with Crippen molar-refractivity contribution in [2.24, 2.45) is 0 Å². The van der Waals surface area contributed by atoms with Gasteiger partial charge in [-0.2, -0.15) is 0 Å². The van der Waals surface area contributed by atoms with Crippen molar-refractivity contribution >= 4 is 19.7 Å². The fraction of sp³-hybridized carbons (Fsp3) is 0.308. The molecule has 0 aliphatic carbocycles. The lowest BCUT2D eigenvalue weighted by molar-refractivity contribution is 0.122. The summed E-state index contributed by atoms with van der Waals surface area (Å²) in [5, 5.41) is 1.11. The molecule has 0 aliphatic rings. The molecule has 0 aliphatic heterocycles. The van der Waals surface area contributed by atoms with E-state index in [2.05, 4.69) is 11.1 Å². The molecule has 0 saturated heterocycles. The van der Waals surface area contributed by atoms with Gasteiger partial charge in [-0.3, -0.25) is 4.98 Å². The number of fused-ring (bicyclic) bond motifs is 1. The minimum absolute atomic E-state index is 0.654. The fourth-order valence-corrected chi connectivity index (χ4v) is 3.60. The summed E-state index contributed by atoms with van der Waals surface area (Å²) in [6.07, 6.45) is 1.79. The van der Waals surface area contributed by atoms with Crippen LogP contribution >= 0.6 is 0 Å². The van der Waals surface area contributed by atoms with Gasteiger partial charge in [-0.1, -0.05) is 12.1 Å². The molecule has 1 aromatic heterocycles. The topological polar surface area (TPSA) is 40.6 Å². The largest absolute Gasteiger partial charge is 0.504 e. The normalized spacial score (nSPS) is 11.9. The van der Waals surface area contributed by atoms with Crippen LogP contribution in [0.3, 0.4) is 0 Å². The van der Waals surface area contributed by atoms with Crippen LogP contribution in [0.15, 0.2) is 36.5 Å². The van der Waals surface area contributed by atoms with E-state index >= 15 is 0 Å². The average Bonchev–Trinajstić information content (AvgIpc) is 2.45. The molecule has 2 aromatic rings. The van der Waals surface area contributed by atoms with E-state index < -0.39 is 8.80 Å². The van der Waals surface area contributed by atoms with E-state index in [9.17, 15) is 0 Å². The second-order valence-corrected chi connectivity index (χ2v) is 6.95. The number of nitrogens with zero attached hydrogens (tertiary/aromatic N) is 1. The van der Waals surface area contributed by atoms with Crippen LogP contribution in [-0.2, 0) is 19.3 Å². The summed E-state index contributed by atoms with van der Waals surface area (Å²) in [4.78, 5) is 4.30. The average molecular weight is 263 g/mol. The van der Waals surface area contributed by atoms with E-state index in [-0.39, 0.29) is 0 Å². The Bertz CT molecular complexity index is 520. The number of benzene rings is 1. The highest BCUT2D eigenvalue weighted by Crippen LogP contribution is 2.18. The van der Waals surface area contributed by atoms with E-state index in [0.717, 1.165) is 16.5 Å². The standard InChI is InChI=1S/C13H17NO3Si/c1-15-18(16-2,17-3)10-11-6-7-13-12(9-11)5-4-8-14-13/h4-9H,10H2,1-3H3. The molecule has 0 bridgehead atoms. The third-order valence-corrected chi connectivity index (χ3v) is 5.73. The lowest BCUT2D eigenvalue weighted by atomic mass is 10.1. The lowest BCUT2D eigenvalue weighted by Gasteiger charge is -2.24. The fourth-order valence-electron chi connectivity index (χ4n) is 1.95. The zero-order chi connectivity index (χ0) is 13.0. The van der Waals surface area contributed by atoms with Gasteiger partial charge in [0.2, 0.25) is 0 Å². The van der Waals surface area contributed by atoms with Crippen molar-refractivity contribution in [3.05, 3.63) is 42.1 Å². The van der Waals surface area contributed by atoms with Crippen molar-refractivity contribution in [3.8, 4) is 0 Å². The van der Waals surface area contributed by atoms with E-state index in [1.165, 1.54) is 0 Å².